The summed E-state index contributed by atoms with van der Waals surface area (Å²) in [6.07, 6.45) is 0.849. The summed E-state index contributed by atoms with van der Waals surface area (Å²) in [5.41, 5.74) is 3.17. The number of rotatable bonds is 5. The van der Waals surface area contributed by atoms with Crippen LogP contribution in [0, 0.1) is 13.8 Å². The topological polar surface area (TPSA) is 67.0 Å². The van der Waals surface area contributed by atoms with Gasteiger partial charge in [-0.25, -0.2) is 0 Å². The van der Waals surface area contributed by atoms with Gasteiger partial charge < -0.3 is 10.1 Å². The summed E-state index contributed by atoms with van der Waals surface area (Å²) in [6.45, 7) is 5.98. The number of ether oxygens (including phenoxy) is 1. The summed E-state index contributed by atoms with van der Waals surface area (Å²) >= 11 is 0. The van der Waals surface area contributed by atoms with Crippen LogP contribution in [0.4, 0.5) is 5.82 Å². The van der Waals surface area contributed by atoms with Gasteiger partial charge in [-0.1, -0.05) is 19.1 Å². The number of aryl methyl sites for hydroxylation is 2. The highest BCUT2D eigenvalue weighted by Crippen LogP contribution is 2.20. The predicted octanol–water partition coefficient (Wildman–Crippen LogP) is 2.61. The van der Waals surface area contributed by atoms with Crippen molar-refractivity contribution in [1.82, 2.24) is 10.2 Å². The fourth-order valence-corrected chi connectivity index (χ4v) is 1.81. The maximum atomic E-state index is 11.8. The van der Waals surface area contributed by atoms with Crippen molar-refractivity contribution < 1.29 is 9.53 Å². The van der Waals surface area contributed by atoms with Crippen molar-refractivity contribution in [2.75, 3.05) is 11.9 Å². The molecule has 5 heteroatoms. The van der Waals surface area contributed by atoms with Crippen LogP contribution in [0.15, 0.2) is 24.3 Å². The third-order valence-electron chi connectivity index (χ3n) is 3.19. The summed E-state index contributed by atoms with van der Waals surface area (Å²) in [7, 11) is 0. The molecule has 0 unspecified atom stereocenters. The lowest BCUT2D eigenvalue weighted by atomic mass is 10.1. The average Bonchev–Trinajstić information content (AvgIpc) is 2.88. The van der Waals surface area contributed by atoms with Crippen molar-refractivity contribution in [2.24, 2.45) is 0 Å². The molecule has 1 aromatic heterocycles. The standard InChI is InChI=1S/C15H19N3O2/c1-4-12-8-14(18-17-12)16-15(19)9-20-13-7-5-6-10(2)11(13)3/h5-8H,4,9H2,1-3H3,(H2,16,17,18,19). The van der Waals surface area contributed by atoms with Crippen LogP contribution in [-0.4, -0.2) is 22.7 Å². The highest BCUT2D eigenvalue weighted by atomic mass is 16.5. The Morgan fingerprint density at radius 1 is 1.40 bits per heavy atom. The molecule has 2 N–H and O–H groups in total. The molecular formula is C15H19N3O2. The molecule has 5 nitrogen and oxygen atoms in total. The molecule has 1 aromatic carbocycles. The van der Waals surface area contributed by atoms with Crippen molar-refractivity contribution in [3.8, 4) is 5.75 Å². The van der Waals surface area contributed by atoms with E-state index in [1.807, 2.05) is 45.0 Å². The van der Waals surface area contributed by atoms with Crippen molar-refractivity contribution in [3.63, 3.8) is 0 Å². The zero-order valence-electron chi connectivity index (χ0n) is 12.0. The molecule has 2 rings (SSSR count). The molecule has 0 bridgehead atoms. The molecule has 0 spiro atoms. The lowest BCUT2D eigenvalue weighted by molar-refractivity contribution is -0.118. The minimum atomic E-state index is -0.222. The molecule has 106 valence electrons. The van der Waals surface area contributed by atoms with E-state index in [0.717, 1.165) is 29.0 Å². The number of aromatic nitrogens is 2. The molecule has 0 aliphatic rings. The molecule has 0 saturated carbocycles. The first-order chi connectivity index (χ1) is 9.60. The van der Waals surface area contributed by atoms with E-state index in [1.54, 1.807) is 0 Å². The second-order valence-corrected chi connectivity index (χ2v) is 4.67. The van der Waals surface area contributed by atoms with Crippen LogP contribution in [0.3, 0.4) is 0 Å². The number of nitrogens with zero attached hydrogens (tertiary/aromatic N) is 1. The molecule has 0 fully saturated rings. The molecule has 1 heterocycles. The van der Waals surface area contributed by atoms with E-state index in [0.29, 0.717) is 5.82 Å². The third kappa shape index (κ3) is 3.38. The first-order valence-corrected chi connectivity index (χ1v) is 6.63. The number of nitrogens with one attached hydrogen (secondary N) is 2. The van der Waals surface area contributed by atoms with Crippen LogP contribution in [0.1, 0.15) is 23.7 Å². The fourth-order valence-electron chi connectivity index (χ4n) is 1.81. The molecule has 0 saturated heterocycles. The number of carbonyl (C=O) groups excluding carboxylic acids is 1. The Kier molecular flexibility index (Phi) is 4.40. The largest absolute Gasteiger partial charge is 0.483 e. The Balaban J connectivity index is 1.90. The number of hydrogen-bond acceptors (Lipinski definition) is 3. The molecule has 0 aliphatic carbocycles. The zero-order chi connectivity index (χ0) is 14.5. The van der Waals surface area contributed by atoms with E-state index in [2.05, 4.69) is 15.5 Å². The second kappa shape index (κ2) is 6.23. The maximum Gasteiger partial charge on any atom is 0.263 e. The van der Waals surface area contributed by atoms with Gasteiger partial charge >= 0.3 is 0 Å². The molecule has 20 heavy (non-hydrogen) atoms. The number of anilines is 1. The van der Waals surface area contributed by atoms with Gasteiger partial charge in [-0.2, -0.15) is 5.10 Å². The van der Waals surface area contributed by atoms with E-state index < -0.39 is 0 Å². The predicted molar refractivity (Wildman–Crippen MR) is 78.0 cm³/mol. The lowest BCUT2D eigenvalue weighted by Gasteiger charge is -2.10. The van der Waals surface area contributed by atoms with Gasteiger partial charge in [-0.15, -0.1) is 0 Å². The van der Waals surface area contributed by atoms with E-state index in [9.17, 15) is 4.79 Å². The second-order valence-electron chi connectivity index (χ2n) is 4.67. The van der Waals surface area contributed by atoms with Crippen molar-refractivity contribution in [1.29, 1.82) is 0 Å². The van der Waals surface area contributed by atoms with Gasteiger partial charge in [0.2, 0.25) is 0 Å². The van der Waals surface area contributed by atoms with Gasteiger partial charge in [0.15, 0.2) is 12.4 Å². The monoisotopic (exact) mass is 273 g/mol. The Morgan fingerprint density at radius 2 is 2.20 bits per heavy atom. The molecule has 0 radical (unpaired) electrons. The van der Waals surface area contributed by atoms with Crippen LogP contribution in [0.5, 0.6) is 5.75 Å². The summed E-state index contributed by atoms with van der Waals surface area (Å²) in [6, 6.07) is 7.60. The van der Waals surface area contributed by atoms with Crippen molar-refractivity contribution in [2.45, 2.75) is 27.2 Å². The number of aromatic amines is 1. The van der Waals surface area contributed by atoms with Gasteiger partial charge in [0, 0.05) is 11.8 Å². The SMILES string of the molecule is CCc1cc(NC(=O)COc2cccc(C)c2C)n[nH]1. The van der Waals surface area contributed by atoms with Gasteiger partial charge in [0.25, 0.3) is 5.91 Å². The summed E-state index contributed by atoms with van der Waals surface area (Å²) < 4.78 is 5.53. The van der Waals surface area contributed by atoms with Crippen LogP contribution >= 0.6 is 0 Å². The van der Waals surface area contributed by atoms with Gasteiger partial charge in [0.05, 0.1) is 0 Å². The fraction of sp³-hybridized carbons (Fsp3) is 0.333. The molecule has 0 aliphatic heterocycles. The highest BCUT2D eigenvalue weighted by molar-refractivity contribution is 5.91. The molecule has 2 aromatic rings. The Bertz CT molecular complexity index is 605. The number of H-pyrrole nitrogens is 1. The Morgan fingerprint density at radius 3 is 2.90 bits per heavy atom. The van der Waals surface area contributed by atoms with Gasteiger partial charge in [-0.3, -0.25) is 9.89 Å². The van der Waals surface area contributed by atoms with Crippen molar-refractivity contribution >= 4 is 11.7 Å². The molecular weight excluding hydrogens is 254 g/mol. The summed E-state index contributed by atoms with van der Waals surface area (Å²) in [4.78, 5) is 11.8. The highest BCUT2D eigenvalue weighted by Gasteiger charge is 2.08. The van der Waals surface area contributed by atoms with Gasteiger partial charge in [-0.05, 0) is 37.5 Å². The number of carbonyl (C=O) groups is 1. The smallest absolute Gasteiger partial charge is 0.263 e. The minimum Gasteiger partial charge on any atom is -0.483 e. The van der Waals surface area contributed by atoms with Crippen LogP contribution in [-0.2, 0) is 11.2 Å². The normalized spacial score (nSPS) is 10.3. The van der Waals surface area contributed by atoms with Crippen LogP contribution < -0.4 is 10.1 Å². The minimum absolute atomic E-state index is 0.0292. The first kappa shape index (κ1) is 14.1. The van der Waals surface area contributed by atoms with E-state index >= 15 is 0 Å². The molecule has 1 amide bonds. The third-order valence-corrected chi connectivity index (χ3v) is 3.19. The van der Waals surface area contributed by atoms with Gasteiger partial charge in [0.1, 0.15) is 5.75 Å². The van der Waals surface area contributed by atoms with Crippen LogP contribution in [0.2, 0.25) is 0 Å². The average molecular weight is 273 g/mol. The number of hydrogen-bond donors (Lipinski definition) is 2. The van der Waals surface area contributed by atoms with Crippen molar-refractivity contribution in [3.05, 3.63) is 41.1 Å². The number of benzene rings is 1. The first-order valence-electron chi connectivity index (χ1n) is 6.63. The zero-order valence-corrected chi connectivity index (χ0v) is 12.0. The van der Waals surface area contributed by atoms with E-state index in [-0.39, 0.29) is 12.5 Å². The number of amides is 1. The van der Waals surface area contributed by atoms with Crippen LogP contribution in [0.25, 0.3) is 0 Å². The van der Waals surface area contributed by atoms with E-state index in [4.69, 9.17) is 4.74 Å². The quantitative estimate of drug-likeness (QED) is 0.880. The van der Waals surface area contributed by atoms with E-state index in [1.165, 1.54) is 0 Å². The Labute approximate surface area is 118 Å². The maximum absolute atomic E-state index is 11.8. The summed E-state index contributed by atoms with van der Waals surface area (Å²) in [5.74, 6) is 1.04. The molecule has 0 atom stereocenters. The summed E-state index contributed by atoms with van der Waals surface area (Å²) in [5, 5.41) is 9.54. The Hall–Kier alpha value is -2.30. The lowest BCUT2D eigenvalue weighted by Crippen LogP contribution is -2.20.